The predicted octanol–water partition coefficient (Wildman–Crippen LogP) is -5.63. The first kappa shape index (κ1) is 36.5. The Bertz CT molecular complexity index is 419. The summed E-state index contributed by atoms with van der Waals surface area (Å²) in [6.07, 6.45) is 11.8. The molecule has 0 aromatic heterocycles. The van der Waals surface area contributed by atoms with Gasteiger partial charge in [0.1, 0.15) is 0 Å². The normalized spacial score (nSPS) is 14.2. The van der Waals surface area contributed by atoms with Crippen molar-refractivity contribution in [3.8, 4) is 0 Å². The Morgan fingerprint density at radius 1 is 0.846 bits per heavy atom. The molecule has 0 radical (unpaired) electrons. The third-order valence-electron chi connectivity index (χ3n) is 4.02. The summed E-state index contributed by atoms with van der Waals surface area (Å²) in [5, 5.41) is 0. The number of hydrogen-bond donors (Lipinski definition) is 0. The molecule has 0 aliphatic carbocycles. The Hall–Kier alpha value is 3.08. The van der Waals surface area contributed by atoms with Crippen LogP contribution < -0.4 is 103 Å². The molecule has 0 amide bonds. The first-order valence-corrected chi connectivity index (χ1v) is 12.3. The van der Waals surface area contributed by atoms with Gasteiger partial charge >= 0.3 is 88.7 Å². The molecule has 0 saturated heterocycles. The fourth-order valence-electron chi connectivity index (χ4n) is 2.72. The summed E-state index contributed by atoms with van der Waals surface area (Å²) in [6.45, 7) is 5.74. The van der Waals surface area contributed by atoms with E-state index in [4.69, 9.17) is 0 Å². The molecule has 5 nitrogen and oxygen atoms in total. The van der Waals surface area contributed by atoms with Crippen LogP contribution in [0.1, 0.15) is 77.6 Å². The Kier molecular flexibility index (Phi) is 29.9. The van der Waals surface area contributed by atoms with E-state index in [1.165, 1.54) is 25.7 Å². The molecule has 0 aliphatic rings. The van der Waals surface area contributed by atoms with E-state index in [0.717, 1.165) is 25.7 Å². The molecule has 0 spiro atoms. The van der Waals surface area contributed by atoms with Crippen LogP contribution in [0.15, 0.2) is 12.7 Å². The van der Waals surface area contributed by atoms with Gasteiger partial charge in [-0.25, -0.2) is 0 Å². The minimum atomic E-state index is -5.04. The van der Waals surface area contributed by atoms with Crippen molar-refractivity contribution in [1.82, 2.24) is 0 Å². The second-order valence-corrected chi connectivity index (χ2v) is 10.8. The molecular weight excluding hydrogens is 403 g/mol. The molecule has 2 unspecified atom stereocenters. The molecule has 0 bridgehead atoms. The third kappa shape index (κ3) is 21.8. The van der Waals surface area contributed by atoms with Crippen molar-refractivity contribution in [1.29, 1.82) is 0 Å². The molecule has 2 atom stereocenters. The zero-order valence-corrected chi connectivity index (χ0v) is 25.1. The summed E-state index contributed by atoms with van der Waals surface area (Å²) in [4.78, 5) is 33.7. The second kappa shape index (κ2) is 21.3. The molecule has 0 N–H and O–H groups in total. The molecule has 10 heteroatoms. The fourth-order valence-corrected chi connectivity index (χ4v) is 6.69. The monoisotopic (exact) mass is 434 g/mol. The quantitative estimate of drug-likeness (QED) is 0.111. The van der Waals surface area contributed by atoms with E-state index in [1.54, 1.807) is 6.08 Å². The topological polar surface area (TPSA) is 103 Å². The zero-order valence-electron chi connectivity index (χ0n) is 17.3. The average molecular weight is 434 g/mol. The number of rotatable bonds is 15. The van der Waals surface area contributed by atoms with Crippen LogP contribution in [-0.2, 0) is 9.13 Å². The number of hydrogen-bond acceptors (Lipinski definition) is 5. The molecule has 0 saturated carbocycles. The summed E-state index contributed by atoms with van der Waals surface area (Å²) in [5.41, 5.74) is -0.725. The Labute approximate surface area is 226 Å². The standard InChI is InChI=1S/C16H34O5P2.3Na/c1-3-5-7-8-9-10-11-12-14-16(13-6-4-2)22(17,18)15-23(19,20)21;;;/h4,16H,2-3,5-15H2,1H3,(H,17,18)(H2,19,20,21);;;/q;3*+1/p-3. The van der Waals surface area contributed by atoms with E-state index < -0.39 is 26.5 Å². The van der Waals surface area contributed by atoms with E-state index in [0.29, 0.717) is 19.3 Å². The van der Waals surface area contributed by atoms with Crippen LogP contribution in [0.4, 0.5) is 0 Å². The van der Waals surface area contributed by atoms with Gasteiger partial charge in [-0.2, -0.15) is 0 Å². The van der Waals surface area contributed by atoms with Crippen LogP contribution in [0, 0.1) is 0 Å². The van der Waals surface area contributed by atoms with Crippen molar-refractivity contribution in [3.05, 3.63) is 12.7 Å². The number of unbranched alkanes of at least 4 members (excludes halogenated alkanes) is 7. The van der Waals surface area contributed by atoms with Crippen LogP contribution in [0.5, 0.6) is 0 Å². The van der Waals surface area contributed by atoms with Gasteiger partial charge in [0.15, 0.2) is 0 Å². The van der Waals surface area contributed by atoms with Crippen molar-refractivity contribution >= 4 is 15.0 Å². The minimum Gasteiger partial charge on any atom is -0.810 e. The zero-order chi connectivity index (χ0) is 17.8. The maximum atomic E-state index is 12.1. The maximum absolute atomic E-state index is 12.1. The van der Waals surface area contributed by atoms with Gasteiger partial charge in [-0.05, 0) is 19.3 Å². The molecule has 0 aliphatic heterocycles. The third-order valence-corrected chi connectivity index (χ3v) is 8.61. The second-order valence-electron chi connectivity index (χ2n) is 6.26. The van der Waals surface area contributed by atoms with Crippen molar-refractivity contribution in [2.45, 2.75) is 83.2 Å². The molecule has 0 aromatic rings. The van der Waals surface area contributed by atoms with Crippen LogP contribution >= 0.6 is 15.0 Å². The summed E-state index contributed by atoms with van der Waals surface area (Å²) >= 11 is 0. The fraction of sp³-hybridized carbons (Fsp3) is 0.875. The van der Waals surface area contributed by atoms with Gasteiger partial charge in [-0.15, -0.1) is 6.58 Å². The van der Waals surface area contributed by atoms with Gasteiger partial charge in [-0.1, -0.05) is 72.0 Å². The minimum absolute atomic E-state index is 0. The summed E-state index contributed by atoms with van der Waals surface area (Å²) < 4.78 is 22.9. The van der Waals surface area contributed by atoms with E-state index in [9.17, 15) is 23.8 Å². The van der Waals surface area contributed by atoms with Crippen molar-refractivity contribution in [2.75, 3.05) is 5.90 Å². The summed E-state index contributed by atoms with van der Waals surface area (Å²) in [6, 6.07) is 0. The smallest absolute Gasteiger partial charge is 0.810 e. The summed E-state index contributed by atoms with van der Waals surface area (Å²) in [5.74, 6) is -1.24. The van der Waals surface area contributed by atoms with Crippen molar-refractivity contribution < 1.29 is 112 Å². The largest absolute Gasteiger partial charge is 1.00 e. The average Bonchev–Trinajstić information content (AvgIpc) is 2.42. The molecular formula is C16H31Na3O5P2. The first-order chi connectivity index (χ1) is 10.7. The Morgan fingerprint density at radius 2 is 1.31 bits per heavy atom. The van der Waals surface area contributed by atoms with Crippen LogP contribution in [0.25, 0.3) is 0 Å². The van der Waals surface area contributed by atoms with Crippen LogP contribution in [-0.4, -0.2) is 11.6 Å². The van der Waals surface area contributed by atoms with E-state index in [1.807, 2.05) is 0 Å². The molecule has 138 valence electrons. The predicted molar refractivity (Wildman–Crippen MR) is 90.5 cm³/mol. The van der Waals surface area contributed by atoms with Gasteiger partial charge in [-0.3, -0.25) is 0 Å². The Morgan fingerprint density at radius 3 is 1.73 bits per heavy atom. The number of allylic oxidation sites excluding steroid dienone is 1. The van der Waals surface area contributed by atoms with Gasteiger partial charge in [0.2, 0.25) is 0 Å². The molecule has 0 fully saturated rings. The van der Waals surface area contributed by atoms with Crippen LogP contribution in [0.3, 0.4) is 0 Å². The van der Waals surface area contributed by atoms with Gasteiger partial charge in [0, 0.05) is 18.9 Å². The van der Waals surface area contributed by atoms with Gasteiger partial charge in [0.05, 0.1) is 0 Å². The van der Waals surface area contributed by atoms with Crippen LogP contribution in [0.2, 0.25) is 0 Å². The summed E-state index contributed by atoms with van der Waals surface area (Å²) in [7, 11) is -9.25. The molecule has 0 heterocycles. The van der Waals surface area contributed by atoms with Gasteiger partial charge in [0.25, 0.3) is 0 Å². The van der Waals surface area contributed by atoms with E-state index >= 15 is 0 Å². The van der Waals surface area contributed by atoms with E-state index in [-0.39, 0.29) is 88.7 Å². The van der Waals surface area contributed by atoms with Crippen molar-refractivity contribution in [2.24, 2.45) is 0 Å². The van der Waals surface area contributed by atoms with E-state index in [2.05, 4.69) is 13.5 Å². The van der Waals surface area contributed by atoms with Gasteiger partial charge < -0.3 is 23.8 Å². The molecule has 26 heavy (non-hydrogen) atoms. The van der Waals surface area contributed by atoms with Crippen molar-refractivity contribution in [3.63, 3.8) is 0 Å². The molecule has 0 rings (SSSR count). The Balaban J connectivity index is -0.000000807. The molecule has 0 aromatic carbocycles. The SMILES string of the molecule is C=CCCC(CCCCCCCCCC)P(=O)([O-])CP(=O)([O-])[O-].[Na+].[Na+].[Na+]. The maximum Gasteiger partial charge on any atom is 1.00 e. The first-order valence-electron chi connectivity index (χ1n) is 8.64.